The number of nitrogens with zero attached hydrogens (tertiary/aromatic N) is 4. The predicted molar refractivity (Wildman–Crippen MR) is 109 cm³/mol. The Hall–Kier alpha value is -2.65. The number of benzene rings is 1. The lowest BCUT2D eigenvalue weighted by Gasteiger charge is -2.48. The van der Waals surface area contributed by atoms with Crippen molar-refractivity contribution in [3.63, 3.8) is 0 Å². The molecule has 4 heterocycles. The van der Waals surface area contributed by atoms with E-state index in [-0.39, 0.29) is 18.0 Å². The van der Waals surface area contributed by atoms with Gasteiger partial charge in [-0.2, -0.15) is 0 Å². The van der Waals surface area contributed by atoms with Crippen LogP contribution in [0.15, 0.2) is 23.0 Å². The van der Waals surface area contributed by atoms with Crippen molar-refractivity contribution >= 4 is 28.5 Å². The topological polar surface area (TPSA) is 91.6 Å². The molecule has 0 saturated carbocycles. The number of imide groups is 1. The number of piperazine rings is 1. The van der Waals surface area contributed by atoms with E-state index in [0.717, 1.165) is 56.0 Å². The average Bonchev–Trinajstić information content (AvgIpc) is 2.92. The summed E-state index contributed by atoms with van der Waals surface area (Å²) < 4.78 is 3.12. The minimum atomic E-state index is -0.643. The molecule has 2 aromatic rings. The highest BCUT2D eigenvalue weighted by atomic mass is 16.2. The van der Waals surface area contributed by atoms with Crippen LogP contribution < -0.4 is 21.2 Å². The monoisotopic (exact) mass is 398 g/mol. The molecule has 9 heteroatoms. The Labute approximate surface area is 168 Å². The zero-order valence-corrected chi connectivity index (χ0v) is 16.6. The van der Waals surface area contributed by atoms with Gasteiger partial charge in [-0.25, -0.2) is 4.79 Å². The van der Waals surface area contributed by atoms with E-state index in [1.165, 1.54) is 4.57 Å². The molecule has 29 heavy (non-hydrogen) atoms. The zero-order valence-electron chi connectivity index (χ0n) is 16.6. The zero-order chi connectivity index (χ0) is 20.1. The maximum atomic E-state index is 12.9. The molecule has 2 N–H and O–H groups in total. The molecule has 1 unspecified atom stereocenters. The van der Waals surface area contributed by atoms with E-state index in [9.17, 15) is 14.4 Å². The summed E-state index contributed by atoms with van der Waals surface area (Å²) in [5, 5.41) is 5.74. The molecule has 3 saturated heterocycles. The third-order valence-electron chi connectivity index (χ3n) is 6.49. The number of aryl methyl sites for hydroxylation is 1. The molecule has 0 aliphatic carbocycles. The average molecular weight is 398 g/mol. The minimum Gasteiger partial charge on any atom is -0.368 e. The maximum absolute atomic E-state index is 12.9. The Bertz CT molecular complexity index is 1030. The Morgan fingerprint density at radius 2 is 1.79 bits per heavy atom. The fraction of sp³-hybridized carbons (Fsp3) is 0.550. The van der Waals surface area contributed by atoms with Gasteiger partial charge in [0.1, 0.15) is 6.04 Å². The summed E-state index contributed by atoms with van der Waals surface area (Å²) in [5.74, 6) is -0.680. The molecule has 154 valence electrons. The number of hydrogen-bond donors (Lipinski definition) is 2. The van der Waals surface area contributed by atoms with Crippen LogP contribution in [-0.4, -0.2) is 71.2 Å². The molecule has 1 aromatic heterocycles. The van der Waals surface area contributed by atoms with Gasteiger partial charge in [0, 0.05) is 64.5 Å². The summed E-state index contributed by atoms with van der Waals surface area (Å²) in [7, 11) is 1.73. The number of fused-ring (bicyclic) bond motifs is 1. The number of amides is 2. The van der Waals surface area contributed by atoms with Crippen molar-refractivity contribution in [2.24, 2.45) is 7.05 Å². The summed E-state index contributed by atoms with van der Waals surface area (Å²) in [6, 6.07) is 5.93. The first-order chi connectivity index (χ1) is 14.0. The molecule has 3 fully saturated rings. The number of carbonyl (C=O) groups is 2. The van der Waals surface area contributed by atoms with Crippen LogP contribution in [0.4, 0.5) is 5.69 Å². The third-order valence-corrected chi connectivity index (χ3v) is 6.49. The SMILES string of the molecule is Cn1c(=O)n(C2CCC(=O)NC2=O)c2ccc(N3CC(N4CCNCC4)C3)cc21. The van der Waals surface area contributed by atoms with Crippen molar-refractivity contribution in [2.45, 2.75) is 24.9 Å². The van der Waals surface area contributed by atoms with Crippen LogP contribution in [0.1, 0.15) is 18.9 Å². The van der Waals surface area contributed by atoms with Gasteiger partial charge < -0.3 is 10.2 Å². The van der Waals surface area contributed by atoms with Crippen LogP contribution >= 0.6 is 0 Å². The largest absolute Gasteiger partial charge is 0.368 e. The van der Waals surface area contributed by atoms with E-state index in [2.05, 4.69) is 20.4 Å². The third kappa shape index (κ3) is 3.05. The van der Waals surface area contributed by atoms with E-state index < -0.39 is 11.9 Å². The van der Waals surface area contributed by atoms with E-state index >= 15 is 0 Å². The van der Waals surface area contributed by atoms with Crippen molar-refractivity contribution in [1.82, 2.24) is 24.7 Å². The van der Waals surface area contributed by atoms with Crippen molar-refractivity contribution in [3.8, 4) is 0 Å². The van der Waals surface area contributed by atoms with E-state index in [4.69, 9.17) is 0 Å². The van der Waals surface area contributed by atoms with Crippen molar-refractivity contribution in [2.75, 3.05) is 44.2 Å². The van der Waals surface area contributed by atoms with Gasteiger partial charge in [0.05, 0.1) is 11.0 Å². The van der Waals surface area contributed by atoms with Gasteiger partial charge in [-0.15, -0.1) is 0 Å². The van der Waals surface area contributed by atoms with Crippen LogP contribution in [0.3, 0.4) is 0 Å². The smallest absolute Gasteiger partial charge is 0.329 e. The number of piperidine rings is 1. The lowest BCUT2D eigenvalue weighted by molar-refractivity contribution is -0.135. The summed E-state index contributed by atoms with van der Waals surface area (Å²) in [6.45, 7) is 6.29. The molecule has 3 aliphatic heterocycles. The molecule has 0 radical (unpaired) electrons. The standard InChI is InChI=1S/C20H26N6O3/c1-23-17-10-13(25-11-14(12-25)24-8-6-21-7-9-24)2-3-15(17)26(20(23)29)16-4-5-18(27)22-19(16)28/h2-3,10,14,16,21H,4-9,11-12H2,1H3,(H,22,27,28). The van der Waals surface area contributed by atoms with E-state index in [1.807, 2.05) is 18.2 Å². The molecular formula is C20H26N6O3. The molecule has 0 spiro atoms. The number of hydrogen-bond acceptors (Lipinski definition) is 6. The highest BCUT2D eigenvalue weighted by Gasteiger charge is 2.34. The first kappa shape index (κ1) is 18.4. The Kier molecular flexibility index (Phi) is 4.44. The Morgan fingerprint density at radius 1 is 1.03 bits per heavy atom. The summed E-state index contributed by atoms with van der Waals surface area (Å²) in [4.78, 5) is 41.5. The molecule has 9 nitrogen and oxygen atoms in total. The summed E-state index contributed by atoms with van der Waals surface area (Å²) in [5.41, 5.74) is 2.41. The molecule has 5 rings (SSSR count). The number of rotatable bonds is 3. The van der Waals surface area contributed by atoms with E-state index in [1.54, 1.807) is 11.6 Å². The molecule has 1 aromatic carbocycles. The van der Waals surface area contributed by atoms with Gasteiger partial charge in [0.2, 0.25) is 11.8 Å². The maximum Gasteiger partial charge on any atom is 0.329 e. The van der Waals surface area contributed by atoms with Crippen LogP contribution in [0.25, 0.3) is 11.0 Å². The second kappa shape index (κ2) is 7.00. The van der Waals surface area contributed by atoms with Gasteiger partial charge in [0.15, 0.2) is 0 Å². The van der Waals surface area contributed by atoms with Gasteiger partial charge in [-0.05, 0) is 24.6 Å². The molecule has 2 amide bonds. The van der Waals surface area contributed by atoms with Gasteiger partial charge in [-0.1, -0.05) is 0 Å². The molecule has 1 atom stereocenters. The quantitative estimate of drug-likeness (QED) is 0.672. The van der Waals surface area contributed by atoms with Crippen molar-refractivity contribution in [1.29, 1.82) is 0 Å². The number of imidazole rings is 1. The number of aromatic nitrogens is 2. The van der Waals surface area contributed by atoms with Gasteiger partial charge >= 0.3 is 5.69 Å². The highest BCUT2D eigenvalue weighted by Crippen LogP contribution is 2.29. The number of anilines is 1. The van der Waals surface area contributed by atoms with Gasteiger partial charge in [0.25, 0.3) is 0 Å². The lowest BCUT2D eigenvalue weighted by Crippen LogP contribution is -2.62. The van der Waals surface area contributed by atoms with Crippen molar-refractivity contribution < 1.29 is 9.59 Å². The minimum absolute atomic E-state index is 0.228. The second-order valence-corrected chi connectivity index (χ2v) is 8.20. The molecule has 0 bridgehead atoms. The summed E-state index contributed by atoms with van der Waals surface area (Å²) in [6.07, 6.45) is 0.600. The van der Waals surface area contributed by atoms with Crippen LogP contribution in [0.2, 0.25) is 0 Å². The van der Waals surface area contributed by atoms with Crippen LogP contribution in [0.5, 0.6) is 0 Å². The molecular weight excluding hydrogens is 372 g/mol. The summed E-state index contributed by atoms with van der Waals surface area (Å²) >= 11 is 0. The highest BCUT2D eigenvalue weighted by molar-refractivity contribution is 6.00. The lowest BCUT2D eigenvalue weighted by atomic mass is 10.0. The fourth-order valence-corrected chi connectivity index (χ4v) is 4.72. The normalized spacial score (nSPS) is 24.0. The van der Waals surface area contributed by atoms with Gasteiger partial charge in [-0.3, -0.25) is 28.9 Å². The van der Waals surface area contributed by atoms with Crippen molar-refractivity contribution in [3.05, 3.63) is 28.7 Å². The number of nitrogens with one attached hydrogen (secondary N) is 2. The second-order valence-electron chi connectivity index (χ2n) is 8.20. The van der Waals surface area contributed by atoms with Crippen LogP contribution in [0, 0.1) is 0 Å². The fourth-order valence-electron chi connectivity index (χ4n) is 4.72. The molecule has 3 aliphatic rings. The van der Waals surface area contributed by atoms with E-state index in [0.29, 0.717) is 12.5 Å². The number of carbonyl (C=O) groups excluding carboxylic acids is 2. The Balaban J connectivity index is 1.40. The first-order valence-electron chi connectivity index (χ1n) is 10.3. The van der Waals surface area contributed by atoms with Crippen LogP contribution in [-0.2, 0) is 16.6 Å². The Morgan fingerprint density at radius 3 is 2.52 bits per heavy atom. The first-order valence-corrected chi connectivity index (χ1v) is 10.3. The predicted octanol–water partition coefficient (Wildman–Crippen LogP) is -0.588.